The van der Waals surface area contributed by atoms with E-state index in [9.17, 15) is 4.39 Å². The summed E-state index contributed by atoms with van der Waals surface area (Å²) in [4.78, 5) is 4.78. The van der Waals surface area contributed by atoms with E-state index in [4.69, 9.17) is 5.73 Å². The molecule has 0 aromatic heterocycles. The fourth-order valence-corrected chi connectivity index (χ4v) is 2.79. The van der Waals surface area contributed by atoms with Crippen LogP contribution in [-0.2, 0) is 0 Å². The van der Waals surface area contributed by atoms with Gasteiger partial charge in [-0.3, -0.25) is 4.90 Å². The monoisotopic (exact) mass is 265 g/mol. The highest BCUT2D eigenvalue weighted by Crippen LogP contribution is 2.16. The average molecular weight is 265 g/mol. The SMILES string of the molecule is CC1CN(C)CCCN1CC(N)c1cccc(F)c1. The van der Waals surface area contributed by atoms with Gasteiger partial charge in [-0.2, -0.15) is 0 Å². The first-order chi connectivity index (χ1) is 9.06. The second-order valence-electron chi connectivity index (χ2n) is 5.62. The van der Waals surface area contributed by atoms with Gasteiger partial charge in [0.1, 0.15) is 5.82 Å². The van der Waals surface area contributed by atoms with Crippen molar-refractivity contribution in [1.82, 2.24) is 9.80 Å². The fourth-order valence-electron chi connectivity index (χ4n) is 2.79. The van der Waals surface area contributed by atoms with E-state index in [-0.39, 0.29) is 11.9 Å². The van der Waals surface area contributed by atoms with E-state index < -0.39 is 0 Å². The fraction of sp³-hybridized carbons (Fsp3) is 0.600. The summed E-state index contributed by atoms with van der Waals surface area (Å²) in [7, 11) is 2.16. The maximum atomic E-state index is 13.2. The zero-order valence-electron chi connectivity index (χ0n) is 11.8. The van der Waals surface area contributed by atoms with Crippen molar-refractivity contribution in [1.29, 1.82) is 0 Å². The van der Waals surface area contributed by atoms with Gasteiger partial charge in [0.05, 0.1) is 0 Å². The van der Waals surface area contributed by atoms with Crippen LogP contribution in [0.1, 0.15) is 24.9 Å². The topological polar surface area (TPSA) is 32.5 Å². The quantitative estimate of drug-likeness (QED) is 0.905. The van der Waals surface area contributed by atoms with Gasteiger partial charge in [-0.25, -0.2) is 4.39 Å². The van der Waals surface area contributed by atoms with Gasteiger partial charge in [-0.05, 0) is 51.2 Å². The second kappa shape index (κ2) is 6.46. The lowest BCUT2D eigenvalue weighted by atomic mass is 10.1. The molecule has 19 heavy (non-hydrogen) atoms. The number of nitrogens with zero attached hydrogens (tertiary/aromatic N) is 2. The Hall–Kier alpha value is -0.970. The van der Waals surface area contributed by atoms with Crippen LogP contribution in [0.4, 0.5) is 4.39 Å². The highest BCUT2D eigenvalue weighted by Gasteiger charge is 2.21. The van der Waals surface area contributed by atoms with Crippen molar-refractivity contribution in [3.63, 3.8) is 0 Å². The van der Waals surface area contributed by atoms with E-state index in [1.54, 1.807) is 12.1 Å². The molecule has 1 aromatic carbocycles. The summed E-state index contributed by atoms with van der Waals surface area (Å²) in [5.41, 5.74) is 7.10. The van der Waals surface area contributed by atoms with E-state index in [0.29, 0.717) is 6.04 Å². The molecule has 106 valence electrons. The Morgan fingerprint density at radius 3 is 2.95 bits per heavy atom. The lowest BCUT2D eigenvalue weighted by molar-refractivity contribution is 0.192. The average Bonchev–Trinajstić information content (AvgIpc) is 2.51. The molecule has 1 aliphatic heterocycles. The van der Waals surface area contributed by atoms with Crippen LogP contribution in [0.2, 0.25) is 0 Å². The highest BCUT2D eigenvalue weighted by atomic mass is 19.1. The zero-order chi connectivity index (χ0) is 13.8. The molecule has 1 fully saturated rings. The number of nitrogens with two attached hydrogens (primary N) is 1. The number of hydrogen-bond donors (Lipinski definition) is 1. The molecule has 1 aromatic rings. The molecule has 0 radical (unpaired) electrons. The molecule has 0 saturated carbocycles. The van der Waals surface area contributed by atoms with Crippen LogP contribution in [0.3, 0.4) is 0 Å². The molecule has 4 heteroatoms. The van der Waals surface area contributed by atoms with Crippen molar-refractivity contribution < 1.29 is 4.39 Å². The summed E-state index contributed by atoms with van der Waals surface area (Å²) in [6.07, 6.45) is 1.16. The zero-order valence-corrected chi connectivity index (χ0v) is 11.8. The summed E-state index contributed by atoms with van der Waals surface area (Å²) in [5, 5.41) is 0. The van der Waals surface area contributed by atoms with Gasteiger partial charge in [0.15, 0.2) is 0 Å². The molecule has 2 rings (SSSR count). The van der Waals surface area contributed by atoms with Gasteiger partial charge in [-0.1, -0.05) is 12.1 Å². The van der Waals surface area contributed by atoms with E-state index >= 15 is 0 Å². The maximum Gasteiger partial charge on any atom is 0.123 e. The molecule has 3 nitrogen and oxygen atoms in total. The second-order valence-corrected chi connectivity index (χ2v) is 5.62. The number of benzene rings is 1. The van der Waals surface area contributed by atoms with Crippen LogP contribution in [-0.4, -0.2) is 49.1 Å². The molecular weight excluding hydrogens is 241 g/mol. The summed E-state index contributed by atoms with van der Waals surface area (Å²) in [6, 6.07) is 7.00. The largest absolute Gasteiger partial charge is 0.323 e. The Kier molecular flexibility index (Phi) is 4.91. The van der Waals surface area contributed by atoms with Crippen molar-refractivity contribution in [3.8, 4) is 0 Å². The molecular formula is C15H24FN3. The minimum absolute atomic E-state index is 0.124. The van der Waals surface area contributed by atoms with Crippen LogP contribution in [0, 0.1) is 5.82 Å². The van der Waals surface area contributed by atoms with Crippen molar-refractivity contribution >= 4 is 0 Å². The van der Waals surface area contributed by atoms with Crippen molar-refractivity contribution in [2.75, 3.05) is 33.2 Å². The van der Waals surface area contributed by atoms with E-state index in [1.165, 1.54) is 6.07 Å². The first-order valence-electron chi connectivity index (χ1n) is 7.00. The number of halogens is 1. The van der Waals surface area contributed by atoms with Crippen molar-refractivity contribution in [2.24, 2.45) is 5.73 Å². The van der Waals surface area contributed by atoms with Crippen molar-refractivity contribution in [3.05, 3.63) is 35.6 Å². The molecule has 0 amide bonds. The van der Waals surface area contributed by atoms with Gasteiger partial charge in [0.25, 0.3) is 0 Å². The molecule has 2 atom stereocenters. The summed E-state index contributed by atoms with van der Waals surface area (Å²) >= 11 is 0. The van der Waals surface area contributed by atoms with E-state index in [2.05, 4.69) is 23.8 Å². The predicted molar refractivity (Wildman–Crippen MR) is 76.5 cm³/mol. The molecule has 2 unspecified atom stereocenters. The van der Waals surface area contributed by atoms with Gasteiger partial charge in [0.2, 0.25) is 0 Å². The maximum absolute atomic E-state index is 13.2. The third kappa shape index (κ3) is 4.00. The standard InChI is InChI=1S/C15H24FN3/c1-12-10-18(2)7-4-8-19(12)11-15(17)13-5-3-6-14(16)9-13/h3,5-6,9,12,15H,4,7-8,10-11,17H2,1-2H3. The normalized spacial score (nSPS) is 24.1. The Morgan fingerprint density at radius 1 is 1.42 bits per heavy atom. The third-order valence-electron chi connectivity index (χ3n) is 3.89. The van der Waals surface area contributed by atoms with E-state index in [1.807, 2.05) is 6.07 Å². The lowest BCUT2D eigenvalue weighted by Gasteiger charge is -2.30. The smallest absolute Gasteiger partial charge is 0.123 e. The molecule has 1 saturated heterocycles. The molecule has 1 heterocycles. The molecule has 0 aliphatic carbocycles. The number of likely N-dealkylation sites (N-methyl/N-ethyl adjacent to an activating group) is 1. The molecule has 0 spiro atoms. The van der Waals surface area contributed by atoms with Gasteiger partial charge in [0, 0.05) is 25.2 Å². The van der Waals surface area contributed by atoms with Crippen LogP contribution in [0.15, 0.2) is 24.3 Å². The summed E-state index contributed by atoms with van der Waals surface area (Å²) in [6.45, 7) is 6.29. The number of rotatable bonds is 3. The highest BCUT2D eigenvalue weighted by molar-refractivity contribution is 5.20. The Balaban J connectivity index is 1.99. The number of hydrogen-bond acceptors (Lipinski definition) is 3. The van der Waals surface area contributed by atoms with Gasteiger partial charge >= 0.3 is 0 Å². The summed E-state index contributed by atoms with van der Waals surface area (Å²) in [5.74, 6) is -0.211. The molecule has 2 N–H and O–H groups in total. The minimum Gasteiger partial charge on any atom is -0.323 e. The van der Waals surface area contributed by atoms with E-state index in [0.717, 1.165) is 38.2 Å². The van der Waals surface area contributed by atoms with Crippen molar-refractivity contribution in [2.45, 2.75) is 25.4 Å². The third-order valence-corrected chi connectivity index (χ3v) is 3.89. The lowest BCUT2D eigenvalue weighted by Crippen LogP contribution is -2.41. The van der Waals surface area contributed by atoms with Crippen LogP contribution in [0.25, 0.3) is 0 Å². The Labute approximate surface area is 115 Å². The van der Waals surface area contributed by atoms with Crippen LogP contribution < -0.4 is 5.73 Å². The molecule has 0 bridgehead atoms. The van der Waals surface area contributed by atoms with Gasteiger partial charge in [-0.15, -0.1) is 0 Å². The predicted octanol–water partition coefficient (Wildman–Crippen LogP) is 1.85. The van der Waals surface area contributed by atoms with Crippen LogP contribution in [0.5, 0.6) is 0 Å². The first-order valence-corrected chi connectivity index (χ1v) is 7.00. The first kappa shape index (κ1) is 14.4. The minimum atomic E-state index is -0.211. The Bertz CT molecular complexity index is 410. The van der Waals surface area contributed by atoms with Crippen LogP contribution >= 0.6 is 0 Å². The summed E-state index contributed by atoms with van der Waals surface area (Å²) < 4.78 is 13.2. The van der Waals surface area contributed by atoms with Gasteiger partial charge < -0.3 is 10.6 Å². The Morgan fingerprint density at radius 2 is 2.21 bits per heavy atom. The molecule has 1 aliphatic rings.